The standard InChI is InChI=1S/C16H17Cl2NO/c1-20-16-7-6-15(18)10-13(16)11-19-9-8-12-2-4-14(17)5-3-12/h2-7,10,19H,8-9,11H2,1H3. The van der Waals surface area contributed by atoms with Crippen LogP contribution in [0, 0.1) is 0 Å². The number of nitrogens with one attached hydrogen (secondary N) is 1. The maximum Gasteiger partial charge on any atom is 0.123 e. The van der Waals surface area contributed by atoms with E-state index in [1.807, 2.05) is 42.5 Å². The van der Waals surface area contributed by atoms with Gasteiger partial charge in [-0.1, -0.05) is 35.3 Å². The molecule has 4 heteroatoms. The summed E-state index contributed by atoms with van der Waals surface area (Å²) in [5.74, 6) is 0.855. The van der Waals surface area contributed by atoms with Crippen LogP contribution in [0.2, 0.25) is 10.0 Å². The zero-order chi connectivity index (χ0) is 14.4. The fraction of sp³-hybridized carbons (Fsp3) is 0.250. The second-order valence-electron chi connectivity index (χ2n) is 4.51. The van der Waals surface area contributed by atoms with Crippen molar-refractivity contribution in [3.63, 3.8) is 0 Å². The lowest BCUT2D eigenvalue weighted by Gasteiger charge is -2.10. The Kier molecular flexibility index (Phi) is 5.72. The zero-order valence-electron chi connectivity index (χ0n) is 11.3. The van der Waals surface area contributed by atoms with Gasteiger partial charge in [0.05, 0.1) is 7.11 Å². The Morgan fingerprint density at radius 2 is 1.70 bits per heavy atom. The molecule has 2 nitrogen and oxygen atoms in total. The molecule has 0 aliphatic rings. The number of ether oxygens (including phenoxy) is 1. The van der Waals surface area contributed by atoms with Crippen molar-refractivity contribution < 1.29 is 4.74 Å². The third kappa shape index (κ3) is 4.41. The third-order valence-electron chi connectivity index (χ3n) is 3.06. The van der Waals surface area contributed by atoms with E-state index in [0.717, 1.165) is 40.9 Å². The lowest BCUT2D eigenvalue weighted by atomic mass is 10.1. The van der Waals surface area contributed by atoms with Crippen LogP contribution < -0.4 is 10.1 Å². The highest BCUT2D eigenvalue weighted by Gasteiger charge is 2.03. The molecule has 0 aromatic heterocycles. The summed E-state index contributed by atoms with van der Waals surface area (Å²) in [6.45, 7) is 1.62. The van der Waals surface area contributed by atoms with E-state index < -0.39 is 0 Å². The van der Waals surface area contributed by atoms with Gasteiger partial charge in [-0.2, -0.15) is 0 Å². The average molecular weight is 310 g/mol. The van der Waals surface area contributed by atoms with Crippen LogP contribution in [0.4, 0.5) is 0 Å². The maximum atomic E-state index is 6.00. The van der Waals surface area contributed by atoms with Gasteiger partial charge in [0.2, 0.25) is 0 Å². The molecule has 0 heterocycles. The molecule has 0 spiro atoms. The molecule has 0 unspecified atom stereocenters. The Hall–Kier alpha value is -1.22. The van der Waals surface area contributed by atoms with Gasteiger partial charge in [-0.3, -0.25) is 0 Å². The molecule has 106 valence electrons. The maximum absolute atomic E-state index is 6.00. The molecule has 0 aliphatic carbocycles. The van der Waals surface area contributed by atoms with Crippen molar-refractivity contribution in [1.82, 2.24) is 5.32 Å². The third-order valence-corrected chi connectivity index (χ3v) is 3.55. The van der Waals surface area contributed by atoms with Crippen molar-refractivity contribution in [3.8, 4) is 5.75 Å². The minimum atomic E-state index is 0.723. The topological polar surface area (TPSA) is 21.3 Å². The SMILES string of the molecule is COc1ccc(Cl)cc1CNCCc1ccc(Cl)cc1. The van der Waals surface area contributed by atoms with Gasteiger partial charge in [0.1, 0.15) is 5.75 Å². The minimum Gasteiger partial charge on any atom is -0.496 e. The molecule has 0 radical (unpaired) electrons. The number of halogens is 2. The molecular weight excluding hydrogens is 293 g/mol. The van der Waals surface area contributed by atoms with E-state index in [1.165, 1.54) is 5.56 Å². The first-order chi connectivity index (χ1) is 9.69. The van der Waals surface area contributed by atoms with Crippen molar-refractivity contribution in [3.05, 3.63) is 63.6 Å². The first-order valence-electron chi connectivity index (χ1n) is 6.46. The Morgan fingerprint density at radius 3 is 2.40 bits per heavy atom. The van der Waals surface area contributed by atoms with Crippen molar-refractivity contribution in [1.29, 1.82) is 0 Å². The second kappa shape index (κ2) is 7.53. The number of hydrogen-bond donors (Lipinski definition) is 1. The molecule has 2 rings (SSSR count). The first-order valence-corrected chi connectivity index (χ1v) is 7.22. The molecule has 20 heavy (non-hydrogen) atoms. The highest BCUT2D eigenvalue weighted by molar-refractivity contribution is 6.30. The zero-order valence-corrected chi connectivity index (χ0v) is 12.8. The van der Waals surface area contributed by atoms with Crippen LogP contribution in [-0.2, 0) is 13.0 Å². The number of methoxy groups -OCH3 is 1. The molecule has 0 atom stereocenters. The van der Waals surface area contributed by atoms with Crippen LogP contribution in [0.15, 0.2) is 42.5 Å². The van der Waals surface area contributed by atoms with E-state index in [1.54, 1.807) is 7.11 Å². The smallest absolute Gasteiger partial charge is 0.123 e. The van der Waals surface area contributed by atoms with Gasteiger partial charge < -0.3 is 10.1 Å². The van der Waals surface area contributed by atoms with E-state index in [2.05, 4.69) is 5.32 Å². The van der Waals surface area contributed by atoms with Crippen molar-refractivity contribution >= 4 is 23.2 Å². The number of rotatable bonds is 6. The molecule has 1 N–H and O–H groups in total. The largest absolute Gasteiger partial charge is 0.496 e. The van der Waals surface area contributed by atoms with Crippen LogP contribution in [0.3, 0.4) is 0 Å². The predicted octanol–water partition coefficient (Wildman–Crippen LogP) is 4.33. The summed E-state index contributed by atoms with van der Waals surface area (Å²) in [4.78, 5) is 0. The summed E-state index contributed by atoms with van der Waals surface area (Å²) in [7, 11) is 1.67. The molecule has 0 fully saturated rings. The molecule has 2 aromatic carbocycles. The van der Waals surface area contributed by atoms with Crippen molar-refractivity contribution in [2.24, 2.45) is 0 Å². The van der Waals surface area contributed by atoms with Gasteiger partial charge in [0.25, 0.3) is 0 Å². The Bertz CT molecular complexity index is 555. The van der Waals surface area contributed by atoms with Gasteiger partial charge in [-0.15, -0.1) is 0 Å². The summed E-state index contributed by atoms with van der Waals surface area (Å²) in [6, 6.07) is 13.6. The molecule has 0 saturated carbocycles. The summed E-state index contributed by atoms with van der Waals surface area (Å²) in [5.41, 5.74) is 2.33. The fourth-order valence-corrected chi connectivity index (χ4v) is 2.31. The molecule has 0 bridgehead atoms. The Balaban J connectivity index is 1.84. The molecule has 0 aliphatic heterocycles. The lowest BCUT2D eigenvalue weighted by molar-refractivity contribution is 0.408. The second-order valence-corrected chi connectivity index (χ2v) is 5.38. The monoisotopic (exact) mass is 309 g/mol. The van der Waals surface area contributed by atoms with E-state index in [0.29, 0.717) is 0 Å². The predicted molar refractivity (Wildman–Crippen MR) is 84.9 cm³/mol. The van der Waals surface area contributed by atoms with Crippen molar-refractivity contribution in [2.75, 3.05) is 13.7 Å². The average Bonchev–Trinajstić information content (AvgIpc) is 2.46. The van der Waals surface area contributed by atoms with Crippen LogP contribution in [0.1, 0.15) is 11.1 Å². The first kappa shape index (κ1) is 15.2. The lowest BCUT2D eigenvalue weighted by Crippen LogP contribution is -2.17. The van der Waals surface area contributed by atoms with Crippen molar-refractivity contribution in [2.45, 2.75) is 13.0 Å². The van der Waals surface area contributed by atoms with E-state index in [4.69, 9.17) is 27.9 Å². The van der Waals surface area contributed by atoms with Gasteiger partial charge in [-0.25, -0.2) is 0 Å². The highest BCUT2D eigenvalue weighted by Crippen LogP contribution is 2.22. The Labute approximate surface area is 129 Å². The molecule has 2 aromatic rings. The normalized spacial score (nSPS) is 10.6. The number of hydrogen-bond acceptors (Lipinski definition) is 2. The summed E-state index contributed by atoms with van der Waals surface area (Å²) in [5, 5.41) is 4.89. The minimum absolute atomic E-state index is 0.723. The van der Waals surface area contributed by atoms with Crippen LogP contribution in [0.25, 0.3) is 0 Å². The van der Waals surface area contributed by atoms with Crippen LogP contribution in [0.5, 0.6) is 5.75 Å². The molecule has 0 saturated heterocycles. The summed E-state index contributed by atoms with van der Waals surface area (Å²) >= 11 is 11.9. The van der Waals surface area contributed by atoms with Crippen LogP contribution >= 0.6 is 23.2 Å². The number of benzene rings is 2. The van der Waals surface area contributed by atoms with E-state index in [9.17, 15) is 0 Å². The summed E-state index contributed by atoms with van der Waals surface area (Å²) < 4.78 is 5.32. The Morgan fingerprint density at radius 1 is 1.00 bits per heavy atom. The van der Waals surface area contributed by atoms with E-state index in [-0.39, 0.29) is 0 Å². The van der Waals surface area contributed by atoms with Crippen LogP contribution in [-0.4, -0.2) is 13.7 Å². The quantitative estimate of drug-likeness (QED) is 0.802. The molecular formula is C16H17Cl2NO. The van der Waals surface area contributed by atoms with Gasteiger partial charge in [-0.05, 0) is 48.9 Å². The fourth-order valence-electron chi connectivity index (χ4n) is 1.99. The van der Waals surface area contributed by atoms with E-state index >= 15 is 0 Å². The van der Waals surface area contributed by atoms with Gasteiger partial charge in [0.15, 0.2) is 0 Å². The highest BCUT2D eigenvalue weighted by atomic mass is 35.5. The molecule has 0 amide bonds. The van der Waals surface area contributed by atoms with Gasteiger partial charge in [0, 0.05) is 22.2 Å². The summed E-state index contributed by atoms with van der Waals surface area (Å²) in [6.07, 6.45) is 0.958. The van der Waals surface area contributed by atoms with Gasteiger partial charge >= 0.3 is 0 Å².